The Kier molecular flexibility index (Phi) is 12.8. The van der Waals surface area contributed by atoms with Gasteiger partial charge in [-0.2, -0.15) is 0 Å². The summed E-state index contributed by atoms with van der Waals surface area (Å²) in [5.74, 6) is 1.19. The summed E-state index contributed by atoms with van der Waals surface area (Å²) < 4.78 is 13.3. The molecule has 308 valence electrons. The number of anilines is 1. The lowest BCUT2D eigenvalue weighted by atomic mass is 9.81. The summed E-state index contributed by atoms with van der Waals surface area (Å²) >= 11 is 14.1. The number of carbonyl (C=O) groups is 3. The van der Waals surface area contributed by atoms with Gasteiger partial charge in [0.15, 0.2) is 5.82 Å². The van der Waals surface area contributed by atoms with E-state index < -0.39 is 5.60 Å². The van der Waals surface area contributed by atoms with E-state index in [1.807, 2.05) is 62.7 Å². The average molecular weight is 831 g/mol. The molecule has 0 spiro atoms. The van der Waals surface area contributed by atoms with Crippen molar-refractivity contribution in [2.45, 2.75) is 90.4 Å². The van der Waals surface area contributed by atoms with Gasteiger partial charge in [-0.25, -0.2) is 4.98 Å². The Morgan fingerprint density at radius 1 is 1.00 bits per heavy atom. The van der Waals surface area contributed by atoms with Crippen LogP contribution < -0.4 is 20.7 Å². The summed E-state index contributed by atoms with van der Waals surface area (Å²) in [6.07, 6.45) is 7.60. The van der Waals surface area contributed by atoms with Crippen molar-refractivity contribution >= 4 is 46.7 Å². The van der Waals surface area contributed by atoms with Gasteiger partial charge in [-0.1, -0.05) is 47.5 Å². The molecule has 1 saturated carbocycles. The normalized spacial score (nSPS) is 19.7. The van der Waals surface area contributed by atoms with Gasteiger partial charge in [-0.3, -0.25) is 24.3 Å². The zero-order valence-corrected chi connectivity index (χ0v) is 35.4. The second-order valence-electron chi connectivity index (χ2n) is 16.7. The van der Waals surface area contributed by atoms with Crippen LogP contribution in [0.15, 0.2) is 48.7 Å². The van der Waals surface area contributed by atoms with Crippen LogP contribution in [-0.4, -0.2) is 75.6 Å². The molecule has 2 aliphatic heterocycles. The van der Waals surface area contributed by atoms with E-state index in [1.54, 1.807) is 25.4 Å². The highest BCUT2D eigenvalue weighted by Crippen LogP contribution is 2.41. The molecule has 2 amide bonds. The number of nitrogens with zero attached hydrogens (tertiary/aromatic N) is 4. The highest BCUT2D eigenvalue weighted by Gasteiger charge is 2.32. The van der Waals surface area contributed by atoms with Crippen LogP contribution in [0.25, 0.3) is 22.4 Å². The highest BCUT2D eigenvalue weighted by molar-refractivity contribution is 6.39. The minimum absolute atomic E-state index is 0.0180. The minimum Gasteiger partial charge on any atom is -0.496 e. The van der Waals surface area contributed by atoms with Crippen molar-refractivity contribution in [1.29, 1.82) is 0 Å². The molecule has 0 radical (unpaired) electrons. The maximum Gasteiger partial charge on any atom is 0.309 e. The predicted octanol–water partition coefficient (Wildman–Crippen LogP) is 7.59. The van der Waals surface area contributed by atoms with Gasteiger partial charge in [0.25, 0.3) is 5.91 Å². The van der Waals surface area contributed by atoms with Crippen molar-refractivity contribution in [3.8, 4) is 28.1 Å². The number of hydrogen-bond acceptors (Lipinski definition) is 9. The van der Waals surface area contributed by atoms with Gasteiger partial charge in [0.2, 0.25) is 5.91 Å². The lowest BCUT2D eigenvalue weighted by Crippen LogP contribution is -2.37. The van der Waals surface area contributed by atoms with E-state index in [4.69, 9.17) is 37.7 Å². The molecule has 4 aromatic rings. The Bertz CT molecular complexity index is 2180. The van der Waals surface area contributed by atoms with Crippen molar-refractivity contribution < 1.29 is 23.9 Å². The summed E-state index contributed by atoms with van der Waals surface area (Å²) in [5.41, 5.74) is 5.58. The molecule has 1 aliphatic carbocycles. The number of amides is 2. The Labute approximate surface area is 350 Å². The average Bonchev–Trinajstić information content (AvgIpc) is 3.76. The largest absolute Gasteiger partial charge is 0.496 e. The number of nitrogens with one attached hydrogen (secondary N) is 3. The maximum absolute atomic E-state index is 13.8. The number of pyridine rings is 1. The maximum atomic E-state index is 13.8. The highest BCUT2D eigenvalue weighted by atomic mass is 35.5. The van der Waals surface area contributed by atoms with Gasteiger partial charge in [0.1, 0.15) is 11.4 Å². The molecule has 3 N–H and O–H groups in total. The summed E-state index contributed by atoms with van der Waals surface area (Å²) in [6.45, 7) is 9.51. The zero-order valence-electron chi connectivity index (χ0n) is 33.9. The Balaban J connectivity index is 0.998. The zero-order chi connectivity index (χ0) is 41.1. The van der Waals surface area contributed by atoms with E-state index >= 15 is 0 Å². The minimum atomic E-state index is -0.463. The van der Waals surface area contributed by atoms with Gasteiger partial charge in [-0.15, -0.1) is 0 Å². The molecule has 2 aromatic carbocycles. The first-order chi connectivity index (χ1) is 27.8. The van der Waals surface area contributed by atoms with Crippen LogP contribution >= 0.6 is 23.2 Å². The van der Waals surface area contributed by atoms with Gasteiger partial charge in [0, 0.05) is 92.8 Å². The fourth-order valence-corrected chi connectivity index (χ4v) is 8.99. The molecule has 0 unspecified atom stereocenters. The van der Waals surface area contributed by atoms with Crippen LogP contribution in [0.2, 0.25) is 10.0 Å². The monoisotopic (exact) mass is 829 g/mol. The molecular formula is C44H53Cl2N7O5. The lowest BCUT2D eigenvalue weighted by molar-refractivity contribution is -0.161. The van der Waals surface area contributed by atoms with Crippen molar-refractivity contribution in [2.24, 2.45) is 18.9 Å². The van der Waals surface area contributed by atoms with Gasteiger partial charge < -0.3 is 30.0 Å². The van der Waals surface area contributed by atoms with Gasteiger partial charge in [0.05, 0.1) is 40.1 Å². The number of imidazole rings is 1. The van der Waals surface area contributed by atoms with Crippen molar-refractivity contribution in [3.63, 3.8) is 0 Å². The molecule has 14 heteroatoms. The smallest absolute Gasteiger partial charge is 0.309 e. The third-order valence-electron chi connectivity index (χ3n) is 11.4. The van der Waals surface area contributed by atoms with Crippen molar-refractivity contribution in [2.75, 3.05) is 32.1 Å². The quantitative estimate of drug-likeness (QED) is 0.123. The second-order valence-corrected chi connectivity index (χ2v) is 17.5. The predicted molar refractivity (Wildman–Crippen MR) is 226 cm³/mol. The van der Waals surface area contributed by atoms with Crippen LogP contribution in [0.3, 0.4) is 0 Å². The van der Waals surface area contributed by atoms with E-state index in [0.717, 1.165) is 74.1 Å². The SMILES string of the molecule is COc1cc(-c2nccc(-c3cccc(NC(=O)c4nc5c(n4C)CCN(CC4CCC(C(=O)OC(C)(C)C)CC4)C5)c3Cl)c2Cl)ccc1CNC[C@@H]1CCC(=O)N1. The van der Waals surface area contributed by atoms with Gasteiger partial charge in [-0.05, 0) is 77.0 Å². The first-order valence-corrected chi connectivity index (χ1v) is 20.9. The Hall–Kier alpha value is -4.49. The molecule has 12 nitrogen and oxygen atoms in total. The number of ether oxygens (including phenoxy) is 2. The van der Waals surface area contributed by atoms with Crippen LogP contribution in [-0.2, 0) is 40.9 Å². The van der Waals surface area contributed by atoms with Gasteiger partial charge >= 0.3 is 5.97 Å². The number of rotatable bonds is 12. The number of carbonyl (C=O) groups excluding carboxylic acids is 3. The fraction of sp³-hybridized carbons (Fsp3) is 0.477. The molecular weight excluding hydrogens is 777 g/mol. The first-order valence-electron chi connectivity index (χ1n) is 20.2. The topological polar surface area (TPSA) is 140 Å². The molecule has 3 aliphatic rings. The van der Waals surface area contributed by atoms with E-state index in [9.17, 15) is 14.4 Å². The molecule has 58 heavy (non-hydrogen) atoms. The number of hydrogen-bond donors (Lipinski definition) is 3. The lowest BCUT2D eigenvalue weighted by Gasteiger charge is -2.34. The molecule has 1 saturated heterocycles. The number of methoxy groups -OCH3 is 1. The second kappa shape index (κ2) is 17.8. The molecule has 2 aromatic heterocycles. The molecule has 4 heterocycles. The van der Waals surface area contributed by atoms with Crippen molar-refractivity contribution in [3.05, 3.63) is 81.5 Å². The van der Waals surface area contributed by atoms with E-state index in [-0.39, 0.29) is 29.7 Å². The number of aromatic nitrogens is 3. The Morgan fingerprint density at radius 3 is 2.50 bits per heavy atom. The van der Waals surface area contributed by atoms with Crippen LogP contribution in [0, 0.1) is 11.8 Å². The molecule has 2 fully saturated rings. The van der Waals surface area contributed by atoms with Crippen LogP contribution in [0.1, 0.15) is 86.9 Å². The summed E-state index contributed by atoms with van der Waals surface area (Å²) in [4.78, 5) is 49.8. The van der Waals surface area contributed by atoms with Crippen molar-refractivity contribution in [1.82, 2.24) is 30.1 Å². The number of halogens is 2. The summed E-state index contributed by atoms with van der Waals surface area (Å²) in [6, 6.07) is 13.3. The van der Waals surface area contributed by atoms with Crippen LogP contribution in [0.4, 0.5) is 5.69 Å². The molecule has 1 atom stereocenters. The van der Waals surface area contributed by atoms with E-state index in [2.05, 4.69) is 25.8 Å². The number of fused-ring (bicyclic) bond motifs is 1. The van der Waals surface area contributed by atoms with E-state index in [1.165, 1.54) is 0 Å². The Morgan fingerprint density at radius 2 is 1.78 bits per heavy atom. The number of esters is 1. The van der Waals surface area contributed by atoms with Crippen LogP contribution in [0.5, 0.6) is 5.75 Å². The third-order valence-corrected chi connectivity index (χ3v) is 12.2. The standard InChI is InChI=1S/C44H53Cl2N7O5/c1-44(2,3)58-43(56)27-11-9-26(10-12-27)24-53-20-18-35-34(25-53)50-41(52(35)4)42(55)51-33-8-6-7-31(38(33)45)32-17-19-48-40(39(32)46)28-13-14-29(36(21-28)57-5)22-47-23-30-15-16-37(54)49-30/h6-8,13-14,17,19,21,26-27,30,47H,9-12,15-16,18,20,22-25H2,1-5H3,(H,49,54)(H,51,55)/t26?,27?,30-/m0/s1. The molecule has 7 rings (SSSR count). The number of benzene rings is 2. The summed E-state index contributed by atoms with van der Waals surface area (Å²) in [5, 5.41) is 10.2. The third kappa shape index (κ3) is 9.52. The fourth-order valence-electron chi connectivity index (χ4n) is 8.39. The van der Waals surface area contributed by atoms with E-state index in [0.29, 0.717) is 76.1 Å². The first kappa shape index (κ1) is 41.7. The summed E-state index contributed by atoms with van der Waals surface area (Å²) in [7, 11) is 3.52. The molecule has 0 bridgehead atoms.